The summed E-state index contributed by atoms with van der Waals surface area (Å²) in [6.07, 6.45) is -0.556. The van der Waals surface area contributed by atoms with E-state index in [1.807, 2.05) is 13.8 Å². The number of hydrogen-bond acceptors (Lipinski definition) is 2. The van der Waals surface area contributed by atoms with Crippen LogP contribution >= 0.6 is 23.5 Å². The monoisotopic (exact) mass is 198 g/mol. The van der Waals surface area contributed by atoms with E-state index in [0.717, 1.165) is 17.6 Å². The van der Waals surface area contributed by atoms with Gasteiger partial charge in [0, 0.05) is 6.08 Å². The molecule has 0 aromatic carbocycles. The van der Waals surface area contributed by atoms with Crippen LogP contribution in [0.15, 0.2) is 12.2 Å². The van der Waals surface area contributed by atoms with E-state index < -0.39 is 6.08 Å². The van der Waals surface area contributed by atoms with Crippen LogP contribution in [0.3, 0.4) is 0 Å². The molecule has 0 bridgehead atoms. The van der Waals surface area contributed by atoms with Crippen LogP contribution in [-0.4, -0.2) is 16.1 Å². The minimum atomic E-state index is -1.57. The van der Waals surface area contributed by atoms with Gasteiger partial charge in [-0.25, -0.2) is 0 Å². The van der Waals surface area contributed by atoms with Crippen molar-refractivity contribution < 1.29 is 8.78 Å². The molecule has 0 unspecified atom stereocenters. The number of halogens is 2. The van der Waals surface area contributed by atoms with Crippen LogP contribution < -0.4 is 0 Å². The highest BCUT2D eigenvalue weighted by Crippen LogP contribution is 2.25. The van der Waals surface area contributed by atoms with Crippen molar-refractivity contribution in [2.75, 3.05) is 11.5 Å². The van der Waals surface area contributed by atoms with E-state index in [1.165, 1.54) is 23.5 Å². The molecule has 0 aliphatic carbocycles. The molecule has 0 aromatic rings. The molecule has 0 N–H and O–H groups in total. The molecule has 0 heterocycles. The molecule has 0 atom stereocenters. The van der Waals surface area contributed by atoms with E-state index in [1.54, 1.807) is 0 Å². The maximum atomic E-state index is 11.8. The smallest absolute Gasteiger partial charge is 0.174 e. The van der Waals surface area contributed by atoms with Crippen LogP contribution in [0.1, 0.15) is 13.8 Å². The summed E-state index contributed by atoms with van der Waals surface area (Å²) in [5.41, 5.74) is 0. The summed E-state index contributed by atoms with van der Waals surface area (Å²) >= 11 is 3.07. The van der Waals surface area contributed by atoms with E-state index in [2.05, 4.69) is 0 Å². The van der Waals surface area contributed by atoms with Gasteiger partial charge >= 0.3 is 0 Å². The molecule has 11 heavy (non-hydrogen) atoms. The first-order chi connectivity index (χ1) is 5.20. The molecule has 0 nitrogen and oxygen atoms in total. The molecule has 0 fully saturated rings. The van der Waals surface area contributed by atoms with Crippen molar-refractivity contribution in [1.29, 1.82) is 0 Å². The number of rotatable bonds is 5. The molecule has 0 radical (unpaired) electrons. The Morgan fingerprint density at radius 1 is 1.27 bits per heavy atom. The molecule has 0 amide bonds. The van der Waals surface area contributed by atoms with Crippen molar-refractivity contribution in [3.05, 3.63) is 12.2 Å². The summed E-state index contributed by atoms with van der Waals surface area (Å²) < 4.78 is 23.5. The first kappa shape index (κ1) is 11.3. The lowest BCUT2D eigenvalue weighted by Crippen LogP contribution is -1.93. The molecular formula is C7H12F2S2. The van der Waals surface area contributed by atoms with Gasteiger partial charge in [-0.1, -0.05) is 13.8 Å². The zero-order chi connectivity index (χ0) is 8.69. The predicted octanol–water partition coefficient (Wildman–Crippen LogP) is 3.60. The highest BCUT2D eigenvalue weighted by atomic mass is 32.2. The Morgan fingerprint density at radius 2 is 1.73 bits per heavy atom. The second-order valence-electron chi connectivity index (χ2n) is 1.74. The molecule has 0 saturated heterocycles. The molecule has 0 rings (SSSR count). The SMILES string of the molecule is CCSC(C=C(F)F)SCC. The summed E-state index contributed by atoms with van der Waals surface area (Å²) in [6, 6.07) is 0. The molecule has 0 saturated carbocycles. The molecule has 0 spiro atoms. The zero-order valence-electron chi connectivity index (χ0n) is 6.64. The molecule has 66 valence electrons. The Hall–Kier alpha value is 0.300. The van der Waals surface area contributed by atoms with Gasteiger partial charge in [-0.3, -0.25) is 0 Å². The zero-order valence-corrected chi connectivity index (χ0v) is 8.27. The van der Waals surface area contributed by atoms with Crippen LogP contribution in [0.2, 0.25) is 0 Å². The van der Waals surface area contributed by atoms with Gasteiger partial charge in [-0.05, 0) is 11.5 Å². The summed E-state index contributed by atoms with van der Waals surface area (Å²) in [5.74, 6) is 1.75. The fourth-order valence-electron chi connectivity index (χ4n) is 0.576. The molecular weight excluding hydrogens is 186 g/mol. The summed E-state index contributed by atoms with van der Waals surface area (Å²) in [6.45, 7) is 3.94. The molecule has 0 aliphatic heterocycles. The quantitative estimate of drug-likeness (QED) is 0.619. The van der Waals surface area contributed by atoms with Crippen molar-refractivity contribution >= 4 is 23.5 Å². The first-order valence-corrected chi connectivity index (χ1v) is 5.56. The van der Waals surface area contributed by atoms with Crippen molar-refractivity contribution in [3.63, 3.8) is 0 Å². The van der Waals surface area contributed by atoms with E-state index in [9.17, 15) is 8.78 Å². The highest BCUT2D eigenvalue weighted by Gasteiger charge is 2.05. The third-order valence-corrected chi connectivity index (χ3v) is 3.34. The Morgan fingerprint density at radius 3 is 2.00 bits per heavy atom. The second kappa shape index (κ2) is 6.98. The minimum absolute atomic E-state index is 0.0741. The van der Waals surface area contributed by atoms with E-state index in [-0.39, 0.29) is 4.58 Å². The highest BCUT2D eigenvalue weighted by molar-refractivity contribution is 8.17. The Labute approximate surface area is 74.8 Å². The summed E-state index contributed by atoms with van der Waals surface area (Å²) in [7, 11) is 0. The summed E-state index contributed by atoms with van der Waals surface area (Å²) in [5, 5.41) is 0. The Bertz CT molecular complexity index is 116. The van der Waals surface area contributed by atoms with Crippen molar-refractivity contribution in [1.82, 2.24) is 0 Å². The van der Waals surface area contributed by atoms with Gasteiger partial charge in [0.05, 0.1) is 4.58 Å². The largest absolute Gasteiger partial charge is 0.268 e. The second-order valence-corrected chi connectivity index (χ2v) is 4.87. The maximum absolute atomic E-state index is 11.8. The van der Waals surface area contributed by atoms with Crippen molar-refractivity contribution in [3.8, 4) is 0 Å². The third kappa shape index (κ3) is 6.69. The predicted molar refractivity (Wildman–Crippen MR) is 50.4 cm³/mol. The summed E-state index contributed by atoms with van der Waals surface area (Å²) in [4.78, 5) is 0. The maximum Gasteiger partial charge on any atom is 0.268 e. The van der Waals surface area contributed by atoms with Gasteiger partial charge in [0.2, 0.25) is 0 Å². The molecule has 0 aliphatic rings. The number of thioether (sulfide) groups is 2. The Kier molecular flexibility index (Phi) is 7.17. The lowest BCUT2D eigenvalue weighted by atomic mass is 10.7. The first-order valence-electron chi connectivity index (χ1n) is 3.46. The van der Waals surface area contributed by atoms with E-state index in [4.69, 9.17) is 0 Å². The fourth-order valence-corrected chi connectivity index (χ4v) is 2.83. The molecule has 0 aromatic heterocycles. The van der Waals surface area contributed by atoms with Crippen LogP contribution in [0, 0.1) is 0 Å². The van der Waals surface area contributed by atoms with Crippen LogP contribution in [0.5, 0.6) is 0 Å². The topological polar surface area (TPSA) is 0 Å². The van der Waals surface area contributed by atoms with Crippen molar-refractivity contribution in [2.24, 2.45) is 0 Å². The van der Waals surface area contributed by atoms with Gasteiger partial charge in [0.25, 0.3) is 6.08 Å². The minimum Gasteiger partial charge on any atom is -0.174 e. The normalized spacial score (nSPS) is 10.3. The van der Waals surface area contributed by atoms with Crippen LogP contribution in [-0.2, 0) is 0 Å². The van der Waals surface area contributed by atoms with Gasteiger partial charge in [-0.15, -0.1) is 23.5 Å². The lowest BCUT2D eigenvalue weighted by molar-refractivity contribution is 0.420. The van der Waals surface area contributed by atoms with Crippen molar-refractivity contribution in [2.45, 2.75) is 18.4 Å². The van der Waals surface area contributed by atoms with Gasteiger partial charge in [0.15, 0.2) is 0 Å². The number of hydrogen-bond donors (Lipinski definition) is 0. The van der Waals surface area contributed by atoms with Crippen LogP contribution in [0.4, 0.5) is 8.78 Å². The Balaban J connectivity index is 3.78. The third-order valence-electron chi connectivity index (χ3n) is 0.924. The van der Waals surface area contributed by atoms with Gasteiger partial charge < -0.3 is 0 Å². The lowest BCUT2D eigenvalue weighted by Gasteiger charge is -2.07. The standard InChI is InChI=1S/C7H12F2S2/c1-3-10-7(11-4-2)5-6(8)9/h5,7H,3-4H2,1-2H3. The van der Waals surface area contributed by atoms with Crippen LogP contribution in [0.25, 0.3) is 0 Å². The van der Waals surface area contributed by atoms with Gasteiger partial charge in [0.1, 0.15) is 0 Å². The molecule has 4 heteroatoms. The fraction of sp³-hybridized carbons (Fsp3) is 0.714. The average molecular weight is 198 g/mol. The van der Waals surface area contributed by atoms with Gasteiger partial charge in [-0.2, -0.15) is 8.78 Å². The average Bonchev–Trinajstić information content (AvgIpc) is 1.87. The van der Waals surface area contributed by atoms with E-state index >= 15 is 0 Å². The van der Waals surface area contributed by atoms with E-state index in [0.29, 0.717) is 0 Å².